The van der Waals surface area contributed by atoms with Crippen LogP contribution >= 0.6 is 0 Å². The lowest BCUT2D eigenvalue weighted by molar-refractivity contribution is 0.0606. The van der Waals surface area contributed by atoms with Crippen LogP contribution in [0.2, 0.25) is 0 Å². The Hall–Kier alpha value is -2.45. The van der Waals surface area contributed by atoms with E-state index < -0.39 is 5.60 Å². The van der Waals surface area contributed by atoms with E-state index in [1.807, 2.05) is 17.0 Å². The summed E-state index contributed by atoms with van der Waals surface area (Å²) in [5.74, 6) is -0.315. The third-order valence-corrected chi connectivity index (χ3v) is 3.85. The normalized spacial score (nSPS) is 21.3. The first-order valence-electron chi connectivity index (χ1n) is 6.70. The topological polar surface area (TPSA) is 60.2 Å². The van der Waals surface area contributed by atoms with Crippen LogP contribution in [0.1, 0.15) is 17.7 Å². The molecule has 0 radical (unpaired) electrons. The summed E-state index contributed by atoms with van der Waals surface area (Å²) < 4.78 is 13.0. The van der Waals surface area contributed by atoms with Gasteiger partial charge >= 0.3 is 0 Å². The Morgan fingerprint density at radius 1 is 1.29 bits per heavy atom. The summed E-state index contributed by atoms with van der Waals surface area (Å²) in [5, 5.41) is 19.7. The summed E-state index contributed by atoms with van der Waals surface area (Å²) in [6, 6.07) is 11.5. The predicted octanol–water partition coefficient (Wildman–Crippen LogP) is 2.19. The second-order valence-electron chi connectivity index (χ2n) is 5.22. The van der Waals surface area contributed by atoms with Crippen molar-refractivity contribution in [3.05, 3.63) is 59.7 Å². The van der Waals surface area contributed by atoms with Crippen molar-refractivity contribution in [2.45, 2.75) is 12.0 Å². The summed E-state index contributed by atoms with van der Waals surface area (Å²) in [5.41, 5.74) is 0.925. The summed E-state index contributed by atoms with van der Waals surface area (Å²) in [7, 11) is 0. The highest BCUT2D eigenvalue weighted by Gasteiger charge is 2.37. The molecule has 1 aliphatic heterocycles. The predicted molar refractivity (Wildman–Crippen MR) is 76.1 cm³/mol. The van der Waals surface area contributed by atoms with Crippen LogP contribution in [0.5, 0.6) is 0 Å². The molecular weight excluding hydrogens is 269 g/mol. The molecule has 21 heavy (non-hydrogen) atoms. The number of anilines is 1. The number of hydrogen-bond acceptors (Lipinski definition) is 4. The third-order valence-electron chi connectivity index (χ3n) is 3.85. The SMILES string of the molecule is N#Cc1cc(N2CCC(O)(c3ccc(F)cc3)C2)ccn1. The van der Waals surface area contributed by atoms with Gasteiger partial charge in [-0.2, -0.15) is 5.26 Å². The Labute approximate surface area is 122 Å². The fraction of sp³-hybridized carbons (Fsp3) is 0.250. The number of aromatic nitrogens is 1. The number of β-amino-alcohol motifs (C(OH)–C–C–N with tert-alkyl or cyclic N) is 1. The minimum atomic E-state index is -0.996. The molecule has 3 rings (SSSR count). The molecule has 0 aliphatic carbocycles. The van der Waals surface area contributed by atoms with E-state index in [1.54, 1.807) is 24.4 Å². The lowest BCUT2D eigenvalue weighted by atomic mass is 9.93. The fourth-order valence-electron chi connectivity index (χ4n) is 2.69. The highest BCUT2D eigenvalue weighted by Crippen LogP contribution is 2.34. The zero-order chi connectivity index (χ0) is 14.9. The van der Waals surface area contributed by atoms with Crippen molar-refractivity contribution in [3.63, 3.8) is 0 Å². The molecule has 1 fully saturated rings. The molecule has 0 saturated carbocycles. The number of nitrogens with zero attached hydrogens (tertiary/aromatic N) is 3. The Bertz CT molecular complexity index is 695. The van der Waals surface area contributed by atoms with Crippen LogP contribution in [0.15, 0.2) is 42.6 Å². The van der Waals surface area contributed by atoms with Crippen molar-refractivity contribution < 1.29 is 9.50 Å². The molecule has 1 aromatic heterocycles. The van der Waals surface area contributed by atoms with Gasteiger partial charge in [0.05, 0.1) is 6.54 Å². The first-order valence-corrected chi connectivity index (χ1v) is 6.70. The van der Waals surface area contributed by atoms with Gasteiger partial charge in [-0.05, 0) is 36.2 Å². The zero-order valence-electron chi connectivity index (χ0n) is 11.3. The number of pyridine rings is 1. The average molecular weight is 283 g/mol. The number of benzene rings is 1. The van der Waals surface area contributed by atoms with E-state index in [1.165, 1.54) is 12.1 Å². The highest BCUT2D eigenvalue weighted by atomic mass is 19.1. The van der Waals surface area contributed by atoms with Gasteiger partial charge in [-0.15, -0.1) is 0 Å². The molecular formula is C16H14FN3O. The van der Waals surface area contributed by atoms with Gasteiger partial charge in [-0.3, -0.25) is 0 Å². The number of nitriles is 1. The molecule has 1 aromatic carbocycles. The highest BCUT2D eigenvalue weighted by molar-refractivity contribution is 5.51. The van der Waals surface area contributed by atoms with Crippen molar-refractivity contribution in [3.8, 4) is 6.07 Å². The van der Waals surface area contributed by atoms with Crippen molar-refractivity contribution in [1.29, 1.82) is 5.26 Å². The molecule has 2 heterocycles. The van der Waals surface area contributed by atoms with Crippen molar-refractivity contribution in [2.24, 2.45) is 0 Å². The molecule has 1 aliphatic rings. The molecule has 0 bridgehead atoms. The fourth-order valence-corrected chi connectivity index (χ4v) is 2.69. The smallest absolute Gasteiger partial charge is 0.142 e. The molecule has 1 saturated heterocycles. The summed E-state index contributed by atoms with van der Waals surface area (Å²) >= 11 is 0. The van der Waals surface area contributed by atoms with Gasteiger partial charge in [0, 0.05) is 18.4 Å². The van der Waals surface area contributed by atoms with Crippen LogP contribution in [-0.4, -0.2) is 23.2 Å². The van der Waals surface area contributed by atoms with E-state index in [-0.39, 0.29) is 5.82 Å². The molecule has 106 valence electrons. The summed E-state index contributed by atoms with van der Waals surface area (Å²) in [4.78, 5) is 5.95. The number of halogens is 1. The van der Waals surface area contributed by atoms with E-state index in [0.29, 0.717) is 30.8 Å². The van der Waals surface area contributed by atoms with E-state index >= 15 is 0 Å². The maximum Gasteiger partial charge on any atom is 0.142 e. The molecule has 0 spiro atoms. The van der Waals surface area contributed by atoms with Crippen LogP contribution in [0.3, 0.4) is 0 Å². The summed E-state index contributed by atoms with van der Waals surface area (Å²) in [6.45, 7) is 1.08. The first kappa shape index (κ1) is 13.5. The lowest BCUT2D eigenvalue weighted by Gasteiger charge is -2.25. The largest absolute Gasteiger partial charge is 0.383 e. The molecule has 1 unspecified atom stereocenters. The Morgan fingerprint density at radius 3 is 2.76 bits per heavy atom. The molecule has 2 aromatic rings. The maximum atomic E-state index is 13.0. The molecule has 1 N–H and O–H groups in total. The van der Waals surface area contributed by atoms with Crippen LogP contribution in [0.25, 0.3) is 0 Å². The minimum absolute atomic E-state index is 0.315. The second-order valence-corrected chi connectivity index (χ2v) is 5.22. The summed E-state index contributed by atoms with van der Waals surface area (Å²) in [6.07, 6.45) is 2.14. The van der Waals surface area contributed by atoms with E-state index in [2.05, 4.69) is 4.98 Å². The molecule has 0 amide bonds. The van der Waals surface area contributed by atoms with Crippen molar-refractivity contribution in [1.82, 2.24) is 4.98 Å². The van der Waals surface area contributed by atoms with E-state index in [4.69, 9.17) is 5.26 Å². The standard InChI is InChI=1S/C16H14FN3O/c17-13-3-1-12(2-4-13)16(21)6-8-20(11-16)15-5-7-19-14(9-15)10-18/h1-5,7,9,21H,6,8,11H2. The molecule has 5 heteroatoms. The van der Waals surface area contributed by atoms with Crippen LogP contribution in [0, 0.1) is 17.1 Å². The number of aliphatic hydroxyl groups is 1. The van der Waals surface area contributed by atoms with Gasteiger partial charge in [0.25, 0.3) is 0 Å². The maximum absolute atomic E-state index is 13.0. The lowest BCUT2D eigenvalue weighted by Crippen LogP contribution is -2.30. The Balaban J connectivity index is 1.84. The first-order chi connectivity index (χ1) is 10.1. The quantitative estimate of drug-likeness (QED) is 0.917. The van der Waals surface area contributed by atoms with Gasteiger partial charge < -0.3 is 10.0 Å². The third kappa shape index (κ3) is 2.58. The molecule has 1 atom stereocenters. The van der Waals surface area contributed by atoms with E-state index in [0.717, 1.165) is 5.69 Å². The van der Waals surface area contributed by atoms with Gasteiger partial charge in [-0.25, -0.2) is 9.37 Å². The van der Waals surface area contributed by atoms with Crippen molar-refractivity contribution in [2.75, 3.05) is 18.0 Å². The van der Waals surface area contributed by atoms with E-state index in [9.17, 15) is 9.50 Å². The van der Waals surface area contributed by atoms with Gasteiger partial charge in [0.1, 0.15) is 23.2 Å². The Morgan fingerprint density at radius 2 is 2.05 bits per heavy atom. The Kier molecular flexibility index (Phi) is 3.32. The van der Waals surface area contributed by atoms with Gasteiger partial charge in [0.15, 0.2) is 0 Å². The van der Waals surface area contributed by atoms with Gasteiger partial charge in [-0.1, -0.05) is 12.1 Å². The molecule has 4 nitrogen and oxygen atoms in total. The second kappa shape index (κ2) is 5.15. The average Bonchev–Trinajstić information content (AvgIpc) is 2.92. The van der Waals surface area contributed by atoms with Gasteiger partial charge in [0.2, 0.25) is 0 Å². The van der Waals surface area contributed by atoms with Crippen LogP contribution < -0.4 is 4.90 Å². The number of rotatable bonds is 2. The van der Waals surface area contributed by atoms with Crippen molar-refractivity contribution >= 4 is 5.69 Å². The van der Waals surface area contributed by atoms with Crippen LogP contribution in [-0.2, 0) is 5.60 Å². The van der Waals surface area contributed by atoms with Crippen LogP contribution in [0.4, 0.5) is 10.1 Å². The number of hydrogen-bond donors (Lipinski definition) is 1. The minimum Gasteiger partial charge on any atom is -0.383 e. The zero-order valence-corrected chi connectivity index (χ0v) is 11.3. The monoisotopic (exact) mass is 283 g/mol.